The molecular weight excluding hydrogens is 220 g/mol. The zero-order chi connectivity index (χ0) is 12.4. The van der Waals surface area contributed by atoms with Crippen LogP contribution in [0.3, 0.4) is 0 Å². The lowest BCUT2D eigenvalue weighted by Crippen LogP contribution is -2.32. The van der Waals surface area contributed by atoms with Gasteiger partial charge in [0.2, 0.25) is 0 Å². The maximum Gasteiger partial charge on any atom is 0.337 e. The maximum atomic E-state index is 11.0. The largest absolute Gasteiger partial charge is 0.478 e. The van der Waals surface area contributed by atoms with Crippen LogP contribution in [0.25, 0.3) is 0 Å². The topological polar surface area (TPSA) is 86.8 Å². The predicted octanol–water partition coefficient (Wildman–Crippen LogP) is 0.928. The number of nitrogens with two attached hydrogens (primary N) is 1. The van der Waals surface area contributed by atoms with Gasteiger partial charge in [-0.3, -0.25) is 0 Å². The zero-order valence-corrected chi connectivity index (χ0v) is 9.47. The number of carboxylic acid groups (broad SMARTS) is 1. The molecule has 1 atom stereocenters. The first-order chi connectivity index (χ1) is 8.13. The third-order valence-corrected chi connectivity index (χ3v) is 3.19. The molecule has 1 aliphatic rings. The molecule has 0 saturated carbocycles. The van der Waals surface area contributed by atoms with Gasteiger partial charge >= 0.3 is 5.97 Å². The summed E-state index contributed by atoms with van der Waals surface area (Å²) in [5, 5.41) is 18.3. The average molecular weight is 236 g/mol. The van der Waals surface area contributed by atoms with Crippen LogP contribution in [0.1, 0.15) is 23.2 Å². The number of aliphatic hydroxyl groups is 1. The van der Waals surface area contributed by atoms with E-state index in [4.69, 9.17) is 10.8 Å². The summed E-state index contributed by atoms with van der Waals surface area (Å²) in [7, 11) is 0. The summed E-state index contributed by atoms with van der Waals surface area (Å²) in [6.07, 6.45) is 1.95. The van der Waals surface area contributed by atoms with E-state index in [1.165, 1.54) is 0 Å². The van der Waals surface area contributed by atoms with Crippen LogP contribution in [0.15, 0.2) is 18.2 Å². The first-order valence-electron chi connectivity index (χ1n) is 5.64. The number of hydrogen-bond donors (Lipinski definition) is 3. The van der Waals surface area contributed by atoms with Gasteiger partial charge in [0.15, 0.2) is 0 Å². The van der Waals surface area contributed by atoms with Crippen molar-refractivity contribution in [2.24, 2.45) is 0 Å². The summed E-state index contributed by atoms with van der Waals surface area (Å²) >= 11 is 0. The Balaban J connectivity index is 2.33. The van der Waals surface area contributed by atoms with Gasteiger partial charge in [-0.1, -0.05) is 0 Å². The molecule has 0 amide bonds. The SMILES string of the molecule is Nc1ccc(N2CCCC2CO)cc1C(=O)O. The number of rotatable bonds is 3. The minimum Gasteiger partial charge on any atom is -0.478 e. The Labute approximate surface area is 99.5 Å². The average Bonchev–Trinajstić information content (AvgIpc) is 2.77. The Morgan fingerprint density at radius 2 is 2.29 bits per heavy atom. The molecule has 1 fully saturated rings. The summed E-state index contributed by atoms with van der Waals surface area (Å²) in [5.41, 5.74) is 6.80. The van der Waals surface area contributed by atoms with E-state index < -0.39 is 5.97 Å². The van der Waals surface area contributed by atoms with Crippen molar-refractivity contribution in [3.05, 3.63) is 23.8 Å². The van der Waals surface area contributed by atoms with Gasteiger partial charge in [-0.05, 0) is 31.0 Å². The van der Waals surface area contributed by atoms with Crippen LogP contribution in [-0.4, -0.2) is 35.4 Å². The third kappa shape index (κ3) is 2.19. The molecule has 0 aromatic heterocycles. The van der Waals surface area contributed by atoms with Crippen molar-refractivity contribution in [1.82, 2.24) is 0 Å². The lowest BCUT2D eigenvalue weighted by molar-refractivity contribution is 0.0698. The van der Waals surface area contributed by atoms with Gasteiger partial charge in [0, 0.05) is 17.9 Å². The molecule has 1 aliphatic heterocycles. The fourth-order valence-corrected chi connectivity index (χ4v) is 2.27. The number of carbonyl (C=O) groups is 1. The molecule has 0 aliphatic carbocycles. The summed E-state index contributed by atoms with van der Waals surface area (Å²) in [6, 6.07) is 5.06. The number of aliphatic hydroxyl groups excluding tert-OH is 1. The van der Waals surface area contributed by atoms with E-state index in [9.17, 15) is 9.90 Å². The fourth-order valence-electron chi connectivity index (χ4n) is 2.27. The van der Waals surface area contributed by atoms with Gasteiger partial charge in [-0.15, -0.1) is 0 Å². The smallest absolute Gasteiger partial charge is 0.337 e. The van der Waals surface area contributed by atoms with Crippen LogP contribution in [0.2, 0.25) is 0 Å². The summed E-state index contributed by atoms with van der Waals surface area (Å²) in [6.45, 7) is 0.932. The van der Waals surface area contributed by atoms with E-state index in [0.29, 0.717) is 0 Å². The van der Waals surface area contributed by atoms with E-state index in [2.05, 4.69) is 0 Å². The molecule has 1 saturated heterocycles. The summed E-state index contributed by atoms with van der Waals surface area (Å²) < 4.78 is 0. The van der Waals surface area contributed by atoms with Crippen molar-refractivity contribution in [3.63, 3.8) is 0 Å². The molecule has 0 spiro atoms. The van der Waals surface area contributed by atoms with Crippen molar-refractivity contribution >= 4 is 17.3 Å². The quantitative estimate of drug-likeness (QED) is 0.679. The molecule has 1 aromatic carbocycles. The molecule has 0 radical (unpaired) electrons. The molecule has 17 heavy (non-hydrogen) atoms. The normalized spacial score (nSPS) is 19.6. The van der Waals surface area contributed by atoms with Gasteiger partial charge in [0.1, 0.15) is 0 Å². The standard InChI is InChI=1S/C12H16N2O3/c13-11-4-3-8(6-10(11)12(16)17)14-5-1-2-9(14)7-15/h3-4,6,9,15H,1-2,5,7,13H2,(H,16,17). The summed E-state index contributed by atoms with van der Waals surface area (Å²) in [5.74, 6) is -1.02. The second-order valence-electron chi connectivity index (χ2n) is 4.25. The van der Waals surface area contributed by atoms with E-state index in [-0.39, 0.29) is 23.9 Å². The molecule has 2 rings (SSSR count). The molecule has 4 N–H and O–H groups in total. The molecular formula is C12H16N2O3. The lowest BCUT2D eigenvalue weighted by Gasteiger charge is -2.25. The Hall–Kier alpha value is -1.75. The maximum absolute atomic E-state index is 11.0. The van der Waals surface area contributed by atoms with Crippen LogP contribution in [0, 0.1) is 0 Å². The fraction of sp³-hybridized carbons (Fsp3) is 0.417. The third-order valence-electron chi connectivity index (χ3n) is 3.19. The zero-order valence-electron chi connectivity index (χ0n) is 9.47. The number of benzene rings is 1. The Kier molecular flexibility index (Phi) is 3.19. The Bertz CT molecular complexity index is 434. The van der Waals surface area contributed by atoms with Crippen molar-refractivity contribution in [2.75, 3.05) is 23.8 Å². The highest BCUT2D eigenvalue weighted by atomic mass is 16.4. The monoisotopic (exact) mass is 236 g/mol. The van der Waals surface area contributed by atoms with Crippen molar-refractivity contribution in [2.45, 2.75) is 18.9 Å². The van der Waals surface area contributed by atoms with Crippen LogP contribution in [0.5, 0.6) is 0 Å². The number of hydrogen-bond acceptors (Lipinski definition) is 4. The van der Waals surface area contributed by atoms with E-state index in [1.807, 2.05) is 4.90 Å². The number of nitrogen functional groups attached to an aromatic ring is 1. The van der Waals surface area contributed by atoms with Gasteiger partial charge in [-0.2, -0.15) is 0 Å². The van der Waals surface area contributed by atoms with Crippen molar-refractivity contribution < 1.29 is 15.0 Å². The van der Waals surface area contributed by atoms with Gasteiger partial charge in [0.25, 0.3) is 0 Å². The highest BCUT2D eigenvalue weighted by Gasteiger charge is 2.24. The lowest BCUT2D eigenvalue weighted by atomic mass is 10.1. The Morgan fingerprint density at radius 3 is 2.94 bits per heavy atom. The highest BCUT2D eigenvalue weighted by molar-refractivity contribution is 5.94. The molecule has 0 bridgehead atoms. The van der Waals surface area contributed by atoms with Crippen LogP contribution < -0.4 is 10.6 Å². The number of anilines is 2. The van der Waals surface area contributed by atoms with Gasteiger partial charge < -0.3 is 20.8 Å². The Morgan fingerprint density at radius 1 is 1.53 bits per heavy atom. The predicted molar refractivity (Wildman–Crippen MR) is 65.3 cm³/mol. The molecule has 5 heteroatoms. The van der Waals surface area contributed by atoms with Crippen LogP contribution >= 0.6 is 0 Å². The minimum atomic E-state index is -1.02. The van der Waals surface area contributed by atoms with Crippen LogP contribution in [-0.2, 0) is 0 Å². The molecule has 5 nitrogen and oxygen atoms in total. The first-order valence-corrected chi connectivity index (χ1v) is 5.64. The number of aromatic carboxylic acids is 1. The summed E-state index contributed by atoms with van der Waals surface area (Å²) in [4.78, 5) is 13.0. The van der Waals surface area contributed by atoms with Crippen molar-refractivity contribution in [3.8, 4) is 0 Å². The van der Waals surface area contributed by atoms with Gasteiger partial charge in [-0.25, -0.2) is 4.79 Å². The molecule has 92 valence electrons. The van der Waals surface area contributed by atoms with Crippen molar-refractivity contribution in [1.29, 1.82) is 0 Å². The number of carboxylic acids is 1. The van der Waals surface area contributed by atoms with Crippen LogP contribution in [0.4, 0.5) is 11.4 Å². The minimum absolute atomic E-state index is 0.0836. The second kappa shape index (κ2) is 4.63. The molecule has 1 aromatic rings. The molecule has 1 unspecified atom stereocenters. The van der Waals surface area contributed by atoms with Gasteiger partial charge in [0.05, 0.1) is 18.2 Å². The first kappa shape index (κ1) is 11.7. The van der Waals surface area contributed by atoms with E-state index >= 15 is 0 Å². The molecule has 1 heterocycles. The highest BCUT2D eigenvalue weighted by Crippen LogP contribution is 2.28. The van der Waals surface area contributed by atoms with E-state index in [0.717, 1.165) is 25.1 Å². The number of nitrogens with zero attached hydrogens (tertiary/aromatic N) is 1. The van der Waals surface area contributed by atoms with E-state index in [1.54, 1.807) is 18.2 Å². The second-order valence-corrected chi connectivity index (χ2v) is 4.25.